The summed E-state index contributed by atoms with van der Waals surface area (Å²) in [5.41, 5.74) is 7.00. The molecule has 2 atom stereocenters. The molecule has 16 heteroatoms. The highest BCUT2D eigenvalue weighted by molar-refractivity contribution is 8.00. The number of β-lactam (4-membered cyclic amide) rings is 1. The van der Waals surface area contributed by atoms with E-state index in [1.807, 2.05) is 22.9 Å². The summed E-state index contributed by atoms with van der Waals surface area (Å²) in [7, 11) is 1.27. The van der Waals surface area contributed by atoms with Gasteiger partial charge < -0.3 is 15.9 Å². The van der Waals surface area contributed by atoms with E-state index in [2.05, 4.69) is 24.9 Å². The number of anilines is 1. The minimum absolute atomic E-state index is 0.0168. The van der Waals surface area contributed by atoms with Crippen molar-refractivity contribution in [2.24, 2.45) is 5.16 Å². The van der Waals surface area contributed by atoms with Crippen LogP contribution in [0.2, 0.25) is 0 Å². The van der Waals surface area contributed by atoms with Crippen LogP contribution in [0.1, 0.15) is 5.82 Å². The van der Waals surface area contributed by atoms with Gasteiger partial charge in [-0.25, -0.2) is 4.57 Å². The highest BCUT2D eigenvalue weighted by atomic mass is 35.5. The van der Waals surface area contributed by atoms with Crippen LogP contribution >= 0.6 is 34.9 Å². The molecule has 13 nitrogen and oxygen atoms in total. The number of carbonyl (C=O) groups is 3. The van der Waals surface area contributed by atoms with Gasteiger partial charge in [-0.2, -0.15) is 9.36 Å². The fraction of sp³-hybridized carbons (Fsp3) is 0.263. The fourth-order valence-electron chi connectivity index (χ4n) is 3.88. The molecule has 1 fully saturated rings. The summed E-state index contributed by atoms with van der Waals surface area (Å²) in [5, 5.41) is 9.43. The third-order valence-corrected chi connectivity index (χ3v) is 7.43. The lowest BCUT2D eigenvalue weighted by Crippen LogP contribution is -2.71. The van der Waals surface area contributed by atoms with E-state index in [0.717, 1.165) is 17.2 Å². The van der Waals surface area contributed by atoms with Crippen LogP contribution in [0.3, 0.4) is 0 Å². The Morgan fingerprint density at radius 2 is 2.29 bits per heavy atom. The number of nitrogens with two attached hydrogens (primary N) is 1. The molecule has 0 saturated carbocycles. The van der Waals surface area contributed by atoms with Crippen molar-refractivity contribution in [1.29, 1.82) is 0 Å². The standard InChI is InChI=1S/C19H16ClN9O4S2/c1-33-25-11(15-24-19(21)35-26-15)16(31)23-12-17(32)29-13(14(20)30)9(8-34-18(12)29)7-27-5-6-28-10(27)3-2-4-22-28/h2-6,12,18H,7-8H2,1H3,(H2-,21,23,24,26,31)/p+1/b25-11-/t12-,18-/m1/s1. The second kappa shape index (κ2) is 9.24. The van der Waals surface area contributed by atoms with E-state index < -0.39 is 28.5 Å². The summed E-state index contributed by atoms with van der Waals surface area (Å²) in [6.07, 6.45) is 5.29. The van der Waals surface area contributed by atoms with Gasteiger partial charge in [0.15, 0.2) is 11.3 Å². The van der Waals surface area contributed by atoms with Gasteiger partial charge in [0.05, 0.1) is 6.20 Å². The van der Waals surface area contributed by atoms with E-state index in [9.17, 15) is 14.4 Å². The molecule has 1 saturated heterocycles. The van der Waals surface area contributed by atoms with E-state index >= 15 is 0 Å². The third-order valence-electron chi connectivity index (χ3n) is 5.37. The molecular formula is C19H17ClN9O4S2+. The summed E-state index contributed by atoms with van der Waals surface area (Å²) in [5.74, 6) is -0.757. The molecule has 2 aliphatic rings. The zero-order valence-corrected chi connectivity index (χ0v) is 20.4. The van der Waals surface area contributed by atoms with Gasteiger partial charge in [0.2, 0.25) is 11.5 Å². The van der Waals surface area contributed by atoms with Crippen molar-refractivity contribution in [1.82, 2.24) is 29.2 Å². The number of hydrogen-bond acceptors (Lipinski definition) is 11. The summed E-state index contributed by atoms with van der Waals surface area (Å²) >= 11 is 8.23. The van der Waals surface area contributed by atoms with Gasteiger partial charge in [0, 0.05) is 28.9 Å². The molecule has 2 aliphatic heterocycles. The quantitative estimate of drug-likeness (QED) is 0.134. The Balaban J connectivity index is 1.37. The molecule has 3 aromatic heterocycles. The molecule has 3 N–H and O–H groups in total. The molecular weight excluding hydrogens is 518 g/mol. The molecule has 5 rings (SSSR count). The number of carbonyl (C=O) groups excluding carboxylic acids is 3. The van der Waals surface area contributed by atoms with E-state index in [0.29, 0.717) is 17.9 Å². The fourth-order valence-corrected chi connectivity index (χ4v) is 5.87. The van der Waals surface area contributed by atoms with Crippen molar-refractivity contribution in [3.05, 3.63) is 47.8 Å². The zero-order chi connectivity index (χ0) is 24.7. The normalized spacial score (nSPS) is 20.0. The molecule has 0 unspecified atom stereocenters. The van der Waals surface area contributed by atoms with Crippen LogP contribution in [0.4, 0.5) is 5.13 Å². The molecule has 35 heavy (non-hydrogen) atoms. The molecule has 0 radical (unpaired) electrons. The summed E-state index contributed by atoms with van der Waals surface area (Å²) in [6.45, 7) is 0.345. The third kappa shape index (κ3) is 4.11. The van der Waals surface area contributed by atoms with Crippen molar-refractivity contribution in [3.8, 4) is 0 Å². The Morgan fingerprint density at radius 3 is 3.00 bits per heavy atom. The van der Waals surface area contributed by atoms with Gasteiger partial charge in [-0.15, -0.1) is 16.3 Å². The first-order chi connectivity index (χ1) is 16.9. The molecule has 5 heterocycles. The Morgan fingerprint density at radius 1 is 1.46 bits per heavy atom. The van der Waals surface area contributed by atoms with Crippen molar-refractivity contribution in [3.63, 3.8) is 0 Å². The molecule has 2 amide bonds. The maximum absolute atomic E-state index is 13.0. The molecule has 180 valence electrons. The number of thioether (sulfide) groups is 1. The SMILES string of the molecule is CO/N=C(\C(=O)N[C@@H]1C(=O)N2C(C(=O)Cl)=C(C[n+]3ccn4ncccc43)CS[C@H]12)c1nsc(N)n1. The number of aromatic nitrogens is 5. The summed E-state index contributed by atoms with van der Waals surface area (Å²) in [6, 6.07) is 2.80. The monoisotopic (exact) mass is 534 g/mol. The average Bonchev–Trinajstić information content (AvgIpc) is 3.46. The summed E-state index contributed by atoms with van der Waals surface area (Å²) in [4.78, 5) is 48.3. The minimum atomic E-state index is -0.898. The van der Waals surface area contributed by atoms with Crippen LogP contribution in [0.15, 0.2) is 47.1 Å². The van der Waals surface area contributed by atoms with Gasteiger partial charge in [-0.1, -0.05) is 10.3 Å². The number of rotatable bonds is 7. The van der Waals surface area contributed by atoms with Gasteiger partial charge >= 0.3 is 5.65 Å². The predicted octanol–water partition coefficient (Wildman–Crippen LogP) is -0.474. The van der Waals surface area contributed by atoms with Gasteiger partial charge in [-0.3, -0.25) is 19.3 Å². The Labute approximate surface area is 210 Å². The number of nitrogen functional groups attached to an aromatic ring is 1. The van der Waals surface area contributed by atoms with Crippen molar-refractivity contribution in [2.75, 3.05) is 18.6 Å². The predicted molar refractivity (Wildman–Crippen MR) is 126 cm³/mol. The molecule has 0 aromatic carbocycles. The van der Waals surface area contributed by atoms with Gasteiger partial charge in [-0.05, 0) is 17.7 Å². The molecule has 0 aliphatic carbocycles. The van der Waals surface area contributed by atoms with Gasteiger partial charge in [0.1, 0.15) is 37.0 Å². The molecule has 0 bridgehead atoms. The lowest BCUT2D eigenvalue weighted by Gasteiger charge is -2.49. The van der Waals surface area contributed by atoms with E-state index in [1.54, 1.807) is 16.9 Å². The maximum atomic E-state index is 13.0. The second-order valence-corrected chi connectivity index (χ2v) is 9.65. The largest absolute Gasteiger partial charge is 0.398 e. The zero-order valence-electron chi connectivity index (χ0n) is 18.0. The number of nitrogens with zero attached hydrogens (tertiary/aromatic N) is 7. The summed E-state index contributed by atoms with van der Waals surface area (Å²) < 4.78 is 7.57. The van der Waals surface area contributed by atoms with Gasteiger partial charge in [0.25, 0.3) is 17.1 Å². The Kier molecular flexibility index (Phi) is 6.12. The van der Waals surface area contributed by atoms with E-state index in [4.69, 9.17) is 22.2 Å². The van der Waals surface area contributed by atoms with Crippen LogP contribution in [-0.4, -0.2) is 70.9 Å². The Bertz CT molecular complexity index is 1420. The lowest BCUT2D eigenvalue weighted by molar-refractivity contribution is -0.662. The van der Waals surface area contributed by atoms with Crippen LogP contribution in [0.5, 0.6) is 0 Å². The first-order valence-corrected chi connectivity index (χ1v) is 12.3. The first kappa shape index (κ1) is 23.2. The number of fused-ring (bicyclic) bond motifs is 2. The highest BCUT2D eigenvalue weighted by Gasteiger charge is 2.54. The number of imidazole rings is 1. The average molecular weight is 535 g/mol. The number of hydrogen-bond donors (Lipinski definition) is 2. The lowest BCUT2D eigenvalue weighted by atomic mass is 10.0. The molecule has 0 spiro atoms. The van der Waals surface area contributed by atoms with Crippen molar-refractivity contribution >= 4 is 68.4 Å². The number of oxime groups is 1. The van der Waals surface area contributed by atoms with Crippen LogP contribution < -0.4 is 15.6 Å². The number of amides is 2. The van der Waals surface area contributed by atoms with Crippen molar-refractivity contribution < 1.29 is 23.8 Å². The number of nitrogens with one attached hydrogen (secondary N) is 1. The van der Waals surface area contributed by atoms with Crippen LogP contribution in [0.25, 0.3) is 5.65 Å². The maximum Gasteiger partial charge on any atom is 0.307 e. The van der Waals surface area contributed by atoms with E-state index in [-0.39, 0.29) is 22.4 Å². The van der Waals surface area contributed by atoms with Crippen molar-refractivity contribution in [2.45, 2.75) is 18.0 Å². The first-order valence-electron chi connectivity index (χ1n) is 10.1. The molecule has 3 aromatic rings. The van der Waals surface area contributed by atoms with Crippen LogP contribution in [-0.2, 0) is 25.8 Å². The minimum Gasteiger partial charge on any atom is -0.398 e. The smallest absolute Gasteiger partial charge is 0.307 e. The Hall–Kier alpha value is -3.56. The van der Waals surface area contributed by atoms with E-state index in [1.165, 1.54) is 23.8 Å². The second-order valence-electron chi connectivity index (χ2n) is 7.42. The highest BCUT2D eigenvalue weighted by Crippen LogP contribution is 2.41. The van der Waals surface area contributed by atoms with Crippen LogP contribution in [0, 0.1) is 0 Å². The number of halogens is 1. The number of allylic oxidation sites excluding steroid dienone is 1. The topological polar surface area (TPSA) is 161 Å².